The molecule has 0 spiro atoms. The van der Waals surface area contributed by atoms with E-state index in [9.17, 15) is 8.42 Å². The molecule has 108 valence electrons. The van der Waals surface area contributed by atoms with Gasteiger partial charge >= 0.3 is 0 Å². The van der Waals surface area contributed by atoms with Gasteiger partial charge in [0.05, 0.1) is 11.4 Å². The third-order valence-electron chi connectivity index (χ3n) is 2.75. The van der Waals surface area contributed by atoms with E-state index in [0.29, 0.717) is 22.8 Å². The molecule has 0 aliphatic carbocycles. The van der Waals surface area contributed by atoms with E-state index in [0.717, 1.165) is 8.78 Å². The Hall–Kier alpha value is -1.54. The van der Waals surface area contributed by atoms with Crippen molar-refractivity contribution in [2.24, 2.45) is 0 Å². The van der Waals surface area contributed by atoms with Crippen molar-refractivity contribution in [3.05, 3.63) is 40.2 Å². The van der Waals surface area contributed by atoms with Gasteiger partial charge < -0.3 is 10.3 Å². The summed E-state index contributed by atoms with van der Waals surface area (Å²) in [6.45, 7) is 1.71. The second-order valence-electron chi connectivity index (χ2n) is 4.36. The monoisotopic (exact) mass is 359 g/mol. The van der Waals surface area contributed by atoms with E-state index in [-0.39, 0.29) is 5.75 Å². The molecule has 0 aliphatic rings. The summed E-state index contributed by atoms with van der Waals surface area (Å²) in [6.07, 6.45) is 0. The Labute approximate surface area is 125 Å². The molecule has 2 rings (SSSR count). The summed E-state index contributed by atoms with van der Waals surface area (Å²) in [6, 6.07) is 6.63. The Kier molecular flexibility index (Phi) is 4.05. The zero-order chi connectivity index (χ0) is 14.9. The number of anilines is 2. The lowest BCUT2D eigenvalue weighted by molar-refractivity contribution is 0.392. The van der Waals surface area contributed by atoms with Crippen molar-refractivity contribution in [1.29, 1.82) is 0 Å². The van der Waals surface area contributed by atoms with Gasteiger partial charge in [-0.2, -0.15) is 0 Å². The lowest BCUT2D eigenvalue weighted by Gasteiger charge is -2.20. The van der Waals surface area contributed by atoms with Crippen molar-refractivity contribution >= 4 is 37.3 Å². The highest BCUT2D eigenvalue weighted by Crippen LogP contribution is 2.28. The lowest BCUT2D eigenvalue weighted by Crippen LogP contribution is -2.28. The number of rotatable bonds is 4. The van der Waals surface area contributed by atoms with Crippen LogP contribution in [0.5, 0.6) is 0 Å². The van der Waals surface area contributed by atoms with E-state index in [1.165, 1.54) is 7.05 Å². The van der Waals surface area contributed by atoms with Crippen LogP contribution in [0.2, 0.25) is 0 Å². The van der Waals surface area contributed by atoms with Crippen molar-refractivity contribution in [3.63, 3.8) is 0 Å². The molecule has 0 saturated heterocycles. The molecule has 20 heavy (non-hydrogen) atoms. The summed E-state index contributed by atoms with van der Waals surface area (Å²) >= 11 is 3.28. The zero-order valence-corrected chi connectivity index (χ0v) is 13.4. The number of aromatic nitrogens is 1. The van der Waals surface area contributed by atoms with E-state index < -0.39 is 10.0 Å². The number of nitrogens with two attached hydrogens (primary N) is 1. The molecule has 8 heteroatoms. The quantitative estimate of drug-likeness (QED) is 0.845. The Bertz CT molecular complexity index is 727. The first-order valence-corrected chi connectivity index (χ1v) is 8.13. The lowest BCUT2D eigenvalue weighted by atomic mass is 10.3. The number of benzene rings is 1. The molecule has 0 unspecified atom stereocenters. The Morgan fingerprint density at radius 2 is 2.10 bits per heavy atom. The van der Waals surface area contributed by atoms with E-state index in [2.05, 4.69) is 21.1 Å². The summed E-state index contributed by atoms with van der Waals surface area (Å²) in [5.74, 6) is 0.331. The minimum Gasteiger partial charge on any atom is -0.397 e. The highest BCUT2D eigenvalue weighted by atomic mass is 79.9. The highest BCUT2D eigenvalue weighted by Gasteiger charge is 2.22. The molecule has 1 heterocycles. The minimum atomic E-state index is -3.57. The number of nitrogens with zero attached hydrogens (tertiary/aromatic N) is 2. The predicted molar refractivity (Wildman–Crippen MR) is 80.8 cm³/mol. The number of aryl methyl sites for hydroxylation is 1. The second-order valence-corrected chi connectivity index (χ2v) is 7.27. The van der Waals surface area contributed by atoms with Crippen LogP contribution in [-0.2, 0) is 15.8 Å². The maximum absolute atomic E-state index is 12.3. The van der Waals surface area contributed by atoms with Crippen LogP contribution in [-0.4, -0.2) is 20.6 Å². The summed E-state index contributed by atoms with van der Waals surface area (Å²) in [4.78, 5) is 0. The Morgan fingerprint density at radius 3 is 2.65 bits per heavy atom. The van der Waals surface area contributed by atoms with Crippen molar-refractivity contribution in [1.82, 2.24) is 5.16 Å². The molecule has 0 radical (unpaired) electrons. The highest BCUT2D eigenvalue weighted by molar-refractivity contribution is 9.10. The molecule has 0 amide bonds. The SMILES string of the molecule is Cc1cc(CS(=O)(=O)N(C)c2ccc(Br)cc2N)no1. The van der Waals surface area contributed by atoms with Crippen molar-refractivity contribution in [2.75, 3.05) is 17.1 Å². The molecule has 0 fully saturated rings. The maximum atomic E-state index is 12.3. The van der Waals surface area contributed by atoms with E-state index in [1.807, 2.05) is 0 Å². The maximum Gasteiger partial charge on any atom is 0.240 e. The average Bonchev–Trinajstić information content (AvgIpc) is 2.73. The topological polar surface area (TPSA) is 89.4 Å². The fraction of sp³-hybridized carbons (Fsp3) is 0.250. The van der Waals surface area contributed by atoms with Crippen molar-refractivity contribution < 1.29 is 12.9 Å². The molecule has 1 aromatic heterocycles. The summed E-state index contributed by atoms with van der Waals surface area (Å²) in [7, 11) is -2.11. The first kappa shape index (κ1) is 14.9. The number of halogens is 1. The molecule has 2 N–H and O–H groups in total. The third-order valence-corrected chi connectivity index (χ3v) is 4.94. The van der Waals surface area contributed by atoms with E-state index in [4.69, 9.17) is 10.3 Å². The molecule has 6 nitrogen and oxygen atoms in total. The van der Waals surface area contributed by atoms with Crippen LogP contribution in [0.1, 0.15) is 11.5 Å². The van der Waals surface area contributed by atoms with E-state index in [1.54, 1.807) is 31.2 Å². The normalized spacial score (nSPS) is 11.6. The molecule has 0 saturated carbocycles. The smallest absolute Gasteiger partial charge is 0.240 e. The van der Waals surface area contributed by atoms with Gasteiger partial charge in [0.1, 0.15) is 17.2 Å². The van der Waals surface area contributed by atoms with Gasteiger partial charge in [-0.05, 0) is 25.1 Å². The molecule has 0 aliphatic heterocycles. The Balaban J connectivity index is 2.28. The number of hydrogen-bond donors (Lipinski definition) is 1. The standard InChI is InChI=1S/C12H14BrN3O3S/c1-8-5-10(15-19-8)7-20(17,18)16(2)12-4-3-9(13)6-11(12)14/h3-6H,7,14H2,1-2H3. The number of hydrogen-bond acceptors (Lipinski definition) is 5. The van der Waals surface area contributed by atoms with Crippen LogP contribution < -0.4 is 10.0 Å². The van der Waals surface area contributed by atoms with Gasteiger partial charge in [-0.1, -0.05) is 21.1 Å². The molecule has 0 bridgehead atoms. The number of nitrogen functional groups attached to an aromatic ring is 1. The Morgan fingerprint density at radius 1 is 1.40 bits per heavy atom. The van der Waals surface area contributed by atoms with E-state index >= 15 is 0 Å². The van der Waals surface area contributed by atoms with Crippen molar-refractivity contribution in [3.8, 4) is 0 Å². The summed E-state index contributed by atoms with van der Waals surface area (Å²) in [5.41, 5.74) is 7.01. The van der Waals surface area contributed by atoms with Gasteiger partial charge in [0.15, 0.2) is 0 Å². The van der Waals surface area contributed by atoms with Gasteiger partial charge in [-0.25, -0.2) is 8.42 Å². The largest absolute Gasteiger partial charge is 0.397 e. The van der Waals surface area contributed by atoms with Crippen LogP contribution in [0.4, 0.5) is 11.4 Å². The average molecular weight is 360 g/mol. The minimum absolute atomic E-state index is 0.240. The summed E-state index contributed by atoms with van der Waals surface area (Å²) < 4.78 is 31.5. The van der Waals surface area contributed by atoms with Gasteiger partial charge in [-0.15, -0.1) is 0 Å². The van der Waals surface area contributed by atoms with Gasteiger partial charge in [0.2, 0.25) is 10.0 Å². The zero-order valence-electron chi connectivity index (χ0n) is 11.0. The summed E-state index contributed by atoms with van der Waals surface area (Å²) in [5, 5.41) is 3.69. The van der Waals surface area contributed by atoms with Crippen LogP contribution in [0, 0.1) is 6.92 Å². The van der Waals surface area contributed by atoms with Gasteiger partial charge in [0.25, 0.3) is 0 Å². The molecule has 0 atom stereocenters. The van der Waals surface area contributed by atoms with Gasteiger partial charge in [-0.3, -0.25) is 4.31 Å². The fourth-order valence-electron chi connectivity index (χ4n) is 1.73. The first-order valence-electron chi connectivity index (χ1n) is 5.73. The molecular weight excluding hydrogens is 346 g/mol. The van der Waals surface area contributed by atoms with Crippen LogP contribution >= 0.6 is 15.9 Å². The van der Waals surface area contributed by atoms with Gasteiger partial charge in [0, 0.05) is 17.6 Å². The predicted octanol–water partition coefficient (Wildman–Crippen LogP) is 2.29. The molecule has 1 aromatic carbocycles. The van der Waals surface area contributed by atoms with Crippen LogP contribution in [0.3, 0.4) is 0 Å². The van der Waals surface area contributed by atoms with Crippen LogP contribution in [0.25, 0.3) is 0 Å². The van der Waals surface area contributed by atoms with Crippen LogP contribution in [0.15, 0.2) is 33.3 Å². The first-order chi connectivity index (χ1) is 9.29. The second kappa shape index (κ2) is 5.45. The third kappa shape index (κ3) is 3.13. The molecular formula is C12H14BrN3O3S. The fourth-order valence-corrected chi connectivity index (χ4v) is 3.28. The van der Waals surface area contributed by atoms with Crippen molar-refractivity contribution in [2.45, 2.75) is 12.7 Å². The molecule has 2 aromatic rings. The number of sulfonamides is 1.